The van der Waals surface area contributed by atoms with Crippen LogP contribution in [0.5, 0.6) is 0 Å². The van der Waals surface area contributed by atoms with Gasteiger partial charge in [-0.05, 0) is 11.5 Å². The monoisotopic (exact) mass is 139 g/mol. The Labute approximate surface area is 61.3 Å². The molecule has 0 amide bonds. The summed E-state index contributed by atoms with van der Waals surface area (Å²) in [6.07, 6.45) is 3.36. The van der Waals surface area contributed by atoms with Crippen LogP contribution in [0.15, 0.2) is 34.8 Å². The Hall–Kier alpha value is -1.12. The molecule has 0 heterocycles. The van der Waals surface area contributed by atoms with Gasteiger partial charge < -0.3 is 5.84 Å². The maximum absolute atomic E-state index is 4.81. The summed E-state index contributed by atoms with van der Waals surface area (Å²) in [6.45, 7) is 7.73. The van der Waals surface area contributed by atoms with Gasteiger partial charge in [-0.3, -0.25) is 0 Å². The molecule has 2 N–H and O–H groups in total. The van der Waals surface area contributed by atoms with Gasteiger partial charge in [0.15, 0.2) is 0 Å². The molecule has 0 aromatic rings. The number of hydrogen-bond acceptors (Lipinski definition) is 2. The van der Waals surface area contributed by atoms with Crippen molar-refractivity contribution < 1.29 is 0 Å². The van der Waals surface area contributed by atoms with Crippen LogP contribution in [0.3, 0.4) is 0 Å². The zero-order chi connectivity index (χ0) is 7.98. The van der Waals surface area contributed by atoms with Crippen LogP contribution in [-0.2, 0) is 0 Å². The third-order valence-electron chi connectivity index (χ3n) is 1.18. The molecule has 0 atom stereocenters. The summed E-state index contributed by atoms with van der Waals surface area (Å²) in [5.41, 5.74) is 1.04. The second kappa shape index (κ2) is 4.73. The summed E-state index contributed by atoms with van der Waals surface area (Å²) in [5, 5.41) is 6.64. The number of hydrogen-bond donors (Lipinski definition) is 1. The lowest BCUT2D eigenvalue weighted by Gasteiger charge is -2.01. The van der Waals surface area contributed by atoms with E-state index in [0.717, 1.165) is 5.57 Å². The van der Waals surface area contributed by atoms with Gasteiger partial charge in [-0.15, -0.1) is 5.11 Å². The minimum Gasteiger partial charge on any atom is -0.305 e. The molecule has 0 saturated carbocycles. The Morgan fingerprint density at radius 2 is 2.20 bits per heavy atom. The Balaban J connectivity index is 4.18. The normalized spacial score (nSPS) is 12.9. The standard InChI is InChI=1S/C7H13N3/c1-4-7(6(2)3)5-9-10-8/h4-6H,1H2,2-3H3,(H2,8,9)/b7-5+. The van der Waals surface area contributed by atoms with E-state index >= 15 is 0 Å². The fraction of sp³-hybridized carbons (Fsp3) is 0.429. The first-order chi connectivity index (χ1) is 4.72. The van der Waals surface area contributed by atoms with Crippen LogP contribution in [0.1, 0.15) is 13.8 Å². The molecule has 0 bridgehead atoms. The molecule has 0 aromatic carbocycles. The van der Waals surface area contributed by atoms with Gasteiger partial charge in [0, 0.05) is 0 Å². The molecule has 10 heavy (non-hydrogen) atoms. The highest BCUT2D eigenvalue weighted by Gasteiger charge is 1.95. The van der Waals surface area contributed by atoms with Gasteiger partial charge in [-0.1, -0.05) is 31.7 Å². The van der Waals surface area contributed by atoms with E-state index in [4.69, 9.17) is 5.84 Å². The lowest BCUT2D eigenvalue weighted by atomic mass is 10.1. The van der Waals surface area contributed by atoms with Crippen LogP contribution >= 0.6 is 0 Å². The lowest BCUT2D eigenvalue weighted by molar-refractivity contribution is 0.786. The molecular formula is C7H13N3. The van der Waals surface area contributed by atoms with Gasteiger partial charge in [0.1, 0.15) is 0 Å². The number of allylic oxidation sites excluding steroid dienone is 2. The summed E-state index contributed by atoms with van der Waals surface area (Å²) in [6, 6.07) is 0. The Morgan fingerprint density at radius 3 is 2.50 bits per heavy atom. The Morgan fingerprint density at radius 1 is 1.60 bits per heavy atom. The van der Waals surface area contributed by atoms with Gasteiger partial charge >= 0.3 is 0 Å². The zero-order valence-corrected chi connectivity index (χ0v) is 6.41. The van der Waals surface area contributed by atoms with Gasteiger partial charge in [0.2, 0.25) is 0 Å². The van der Waals surface area contributed by atoms with Crippen LogP contribution < -0.4 is 5.84 Å². The third kappa shape index (κ3) is 3.02. The smallest absolute Gasteiger partial charge is 0.0547 e. The predicted molar refractivity (Wildman–Crippen MR) is 42.2 cm³/mol. The molecule has 0 unspecified atom stereocenters. The minimum absolute atomic E-state index is 0.419. The summed E-state index contributed by atoms with van der Waals surface area (Å²) < 4.78 is 0. The van der Waals surface area contributed by atoms with E-state index in [1.165, 1.54) is 0 Å². The van der Waals surface area contributed by atoms with Gasteiger partial charge in [-0.25, -0.2) is 0 Å². The summed E-state index contributed by atoms with van der Waals surface area (Å²) in [5.74, 6) is 5.23. The second-order valence-corrected chi connectivity index (χ2v) is 2.22. The SMILES string of the molecule is C=C/C(=C\N=N/N)C(C)C. The van der Waals surface area contributed by atoms with Crippen molar-refractivity contribution in [1.29, 1.82) is 0 Å². The highest BCUT2D eigenvalue weighted by molar-refractivity contribution is 5.16. The average Bonchev–Trinajstić information content (AvgIpc) is 1.89. The van der Waals surface area contributed by atoms with E-state index < -0.39 is 0 Å². The molecule has 0 radical (unpaired) electrons. The van der Waals surface area contributed by atoms with Crippen molar-refractivity contribution in [3.05, 3.63) is 24.4 Å². The van der Waals surface area contributed by atoms with Crippen LogP contribution in [0.4, 0.5) is 0 Å². The summed E-state index contributed by atoms with van der Waals surface area (Å²) in [7, 11) is 0. The van der Waals surface area contributed by atoms with Gasteiger partial charge in [0.25, 0.3) is 0 Å². The predicted octanol–water partition coefficient (Wildman–Crippen LogP) is 2.04. The zero-order valence-electron chi connectivity index (χ0n) is 6.41. The highest BCUT2D eigenvalue weighted by Crippen LogP contribution is 2.09. The first-order valence-corrected chi connectivity index (χ1v) is 3.15. The minimum atomic E-state index is 0.419. The van der Waals surface area contributed by atoms with Crippen molar-refractivity contribution in [1.82, 2.24) is 0 Å². The number of nitrogens with zero attached hydrogens (tertiary/aromatic N) is 2. The molecule has 0 saturated heterocycles. The molecule has 3 heteroatoms. The summed E-state index contributed by atoms with van der Waals surface area (Å²) in [4.78, 5) is 0. The Bertz CT molecular complexity index is 156. The van der Waals surface area contributed by atoms with E-state index in [1.807, 2.05) is 0 Å². The van der Waals surface area contributed by atoms with Crippen molar-refractivity contribution in [3.63, 3.8) is 0 Å². The van der Waals surface area contributed by atoms with Crippen LogP contribution in [0.2, 0.25) is 0 Å². The quantitative estimate of drug-likeness (QED) is 0.276. The third-order valence-corrected chi connectivity index (χ3v) is 1.18. The largest absolute Gasteiger partial charge is 0.305 e. The second-order valence-electron chi connectivity index (χ2n) is 2.22. The van der Waals surface area contributed by atoms with E-state index in [0.29, 0.717) is 5.92 Å². The first kappa shape index (κ1) is 8.88. The summed E-state index contributed by atoms with van der Waals surface area (Å²) >= 11 is 0. The van der Waals surface area contributed by atoms with Crippen molar-refractivity contribution in [3.8, 4) is 0 Å². The van der Waals surface area contributed by atoms with Gasteiger partial charge in [0.05, 0.1) is 6.20 Å². The molecular weight excluding hydrogens is 126 g/mol. The maximum Gasteiger partial charge on any atom is 0.0547 e. The van der Waals surface area contributed by atoms with E-state index in [-0.39, 0.29) is 0 Å². The van der Waals surface area contributed by atoms with Gasteiger partial charge in [-0.2, -0.15) is 0 Å². The molecule has 0 rings (SSSR count). The van der Waals surface area contributed by atoms with E-state index in [1.54, 1.807) is 12.3 Å². The van der Waals surface area contributed by atoms with E-state index in [9.17, 15) is 0 Å². The average molecular weight is 139 g/mol. The fourth-order valence-electron chi connectivity index (χ4n) is 0.537. The van der Waals surface area contributed by atoms with Crippen LogP contribution in [0, 0.1) is 5.92 Å². The fourth-order valence-corrected chi connectivity index (χ4v) is 0.537. The molecule has 0 aliphatic rings. The number of rotatable bonds is 3. The topological polar surface area (TPSA) is 50.7 Å². The van der Waals surface area contributed by atoms with E-state index in [2.05, 4.69) is 30.8 Å². The van der Waals surface area contributed by atoms with Crippen LogP contribution in [-0.4, -0.2) is 0 Å². The maximum atomic E-state index is 4.81. The lowest BCUT2D eigenvalue weighted by Crippen LogP contribution is -1.88. The molecule has 0 fully saturated rings. The molecule has 3 nitrogen and oxygen atoms in total. The molecule has 0 aliphatic heterocycles. The van der Waals surface area contributed by atoms with Crippen LogP contribution in [0.25, 0.3) is 0 Å². The number of nitrogens with two attached hydrogens (primary N) is 1. The first-order valence-electron chi connectivity index (χ1n) is 3.15. The van der Waals surface area contributed by atoms with Crippen molar-refractivity contribution >= 4 is 0 Å². The van der Waals surface area contributed by atoms with Crippen molar-refractivity contribution in [2.24, 2.45) is 22.1 Å². The molecule has 56 valence electrons. The van der Waals surface area contributed by atoms with Crippen molar-refractivity contribution in [2.75, 3.05) is 0 Å². The Kier molecular flexibility index (Phi) is 4.20. The van der Waals surface area contributed by atoms with Crippen molar-refractivity contribution in [2.45, 2.75) is 13.8 Å². The molecule has 0 spiro atoms. The molecule has 0 aliphatic carbocycles. The highest BCUT2D eigenvalue weighted by atomic mass is 15.3. The molecule has 0 aromatic heterocycles.